The van der Waals surface area contributed by atoms with Gasteiger partial charge in [0.1, 0.15) is 0 Å². The van der Waals surface area contributed by atoms with E-state index in [1.54, 1.807) is 0 Å². The van der Waals surface area contributed by atoms with Gasteiger partial charge in [0, 0.05) is 0 Å². The van der Waals surface area contributed by atoms with Crippen molar-refractivity contribution in [3.8, 4) is 0 Å². The lowest BCUT2D eigenvalue weighted by Crippen LogP contribution is -2.04. The third-order valence-corrected chi connectivity index (χ3v) is 3.02. The standard InChI is InChI=1S/C13H16/c1-11(13-9-5-6-10-13)12-7-3-2-4-8-12/h2-5,7-9,11,13H,6,10H2,1H3. The number of rotatable bonds is 2. The predicted octanol–water partition coefficient (Wildman–Crippen LogP) is 3.76. The van der Waals surface area contributed by atoms with Gasteiger partial charge in [-0.15, -0.1) is 0 Å². The van der Waals surface area contributed by atoms with E-state index in [-0.39, 0.29) is 0 Å². The number of benzene rings is 1. The molecule has 0 spiro atoms. The average Bonchev–Trinajstić information content (AvgIpc) is 2.71. The van der Waals surface area contributed by atoms with Crippen molar-refractivity contribution in [2.75, 3.05) is 0 Å². The van der Waals surface area contributed by atoms with Crippen LogP contribution in [0.2, 0.25) is 0 Å². The molecule has 0 nitrogen and oxygen atoms in total. The first kappa shape index (κ1) is 8.55. The fraction of sp³-hybridized carbons (Fsp3) is 0.385. The minimum absolute atomic E-state index is 0.681. The second kappa shape index (κ2) is 3.78. The predicted molar refractivity (Wildman–Crippen MR) is 56.7 cm³/mol. The summed E-state index contributed by atoms with van der Waals surface area (Å²) in [5.41, 5.74) is 1.47. The molecule has 2 unspecified atom stereocenters. The highest BCUT2D eigenvalue weighted by molar-refractivity contribution is 5.21. The quantitative estimate of drug-likeness (QED) is 0.596. The van der Waals surface area contributed by atoms with Crippen molar-refractivity contribution >= 4 is 0 Å². The summed E-state index contributed by atoms with van der Waals surface area (Å²) in [6, 6.07) is 10.8. The van der Waals surface area contributed by atoms with Gasteiger partial charge in [-0.05, 0) is 30.2 Å². The van der Waals surface area contributed by atoms with Crippen molar-refractivity contribution in [3.05, 3.63) is 48.0 Å². The van der Waals surface area contributed by atoms with Crippen molar-refractivity contribution in [2.45, 2.75) is 25.7 Å². The first-order valence-corrected chi connectivity index (χ1v) is 5.09. The summed E-state index contributed by atoms with van der Waals surface area (Å²) in [6.45, 7) is 2.33. The van der Waals surface area contributed by atoms with Gasteiger partial charge in [0.25, 0.3) is 0 Å². The maximum absolute atomic E-state index is 2.37. The van der Waals surface area contributed by atoms with Gasteiger partial charge < -0.3 is 0 Å². The molecule has 13 heavy (non-hydrogen) atoms. The topological polar surface area (TPSA) is 0 Å². The Balaban J connectivity index is 2.13. The molecule has 2 atom stereocenters. The van der Waals surface area contributed by atoms with Crippen LogP contribution in [0.25, 0.3) is 0 Å². The lowest BCUT2D eigenvalue weighted by atomic mass is 9.87. The number of hydrogen-bond donors (Lipinski definition) is 0. The van der Waals surface area contributed by atoms with Gasteiger partial charge in [-0.1, -0.05) is 49.4 Å². The Labute approximate surface area is 80.3 Å². The van der Waals surface area contributed by atoms with Crippen LogP contribution < -0.4 is 0 Å². The molecule has 1 aliphatic carbocycles. The minimum atomic E-state index is 0.681. The molecule has 68 valence electrons. The maximum atomic E-state index is 2.37. The van der Waals surface area contributed by atoms with Gasteiger partial charge in [-0.2, -0.15) is 0 Å². The largest absolute Gasteiger partial charge is 0.0882 e. The maximum Gasteiger partial charge on any atom is -0.0127 e. The molecule has 0 fully saturated rings. The summed E-state index contributed by atoms with van der Waals surface area (Å²) in [7, 11) is 0. The molecule has 1 aromatic rings. The molecule has 0 N–H and O–H groups in total. The SMILES string of the molecule is CC(c1ccccc1)C1C=CCC1. The minimum Gasteiger partial charge on any atom is -0.0882 e. The normalized spacial score (nSPS) is 23.3. The first-order chi connectivity index (χ1) is 6.38. The van der Waals surface area contributed by atoms with E-state index in [1.807, 2.05) is 0 Å². The molecule has 1 aliphatic rings. The average molecular weight is 172 g/mol. The van der Waals surface area contributed by atoms with Crippen LogP contribution in [-0.2, 0) is 0 Å². The summed E-state index contributed by atoms with van der Waals surface area (Å²) in [4.78, 5) is 0. The molecule has 1 aromatic carbocycles. The molecule has 0 saturated heterocycles. The highest BCUT2D eigenvalue weighted by atomic mass is 14.2. The van der Waals surface area contributed by atoms with Gasteiger partial charge in [0.2, 0.25) is 0 Å². The molecular formula is C13H16. The van der Waals surface area contributed by atoms with Gasteiger partial charge in [-0.3, -0.25) is 0 Å². The fourth-order valence-corrected chi connectivity index (χ4v) is 2.08. The van der Waals surface area contributed by atoms with Crippen molar-refractivity contribution in [1.82, 2.24) is 0 Å². The molecule has 0 amide bonds. The zero-order valence-electron chi connectivity index (χ0n) is 8.11. The summed E-state index contributed by atoms with van der Waals surface area (Å²) < 4.78 is 0. The molecule has 0 radical (unpaired) electrons. The molecular weight excluding hydrogens is 156 g/mol. The van der Waals surface area contributed by atoms with Crippen LogP contribution in [0.5, 0.6) is 0 Å². The summed E-state index contributed by atoms with van der Waals surface area (Å²) >= 11 is 0. The van der Waals surface area contributed by atoms with Gasteiger partial charge >= 0.3 is 0 Å². The van der Waals surface area contributed by atoms with Crippen LogP contribution >= 0.6 is 0 Å². The number of allylic oxidation sites excluding steroid dienone is 2. The molecule has 0 bridgehead atoms. The lowest BCUT2D eigenvalue weighted by molar-refractivity contribution is 0.531. The fourth-order valence-electron chi connectivity index (χ4n) is 2.08. The van der Waals surface area contributed by atoms with Gasteiger partial charge in [0.05, 0.1) is 0 Å². The van der Waals surface area contributed by atoms with Crippen molar-refractivity contribution in [1.29, 1.82) is 0 Å². The Morgan fingerprint density at radius 1 is 1.23 bits per heavy atom. The monoisotopic (exact) mass is 172 g/mol. The van der Waals surface area contributed by atoms with E-state index in [0.717, 1.165) is 5.92 Å². The van der Waals surface area contributed by atoms with Crippen LogP contribution in [-0.4, -0.2) is 0 Å². The summed E-state index contributed by atoms with van der Waals surface area (Å²) in [6.07, 6.45) is 7.28. The Morgan fingerprint density at radius 3 is 2.62 bits per heavy atom. The van der Waals surface area contributed by atoms with E-state index >= 15 is 0 Å². The van der Waals surface area contributed by atoms with Crippen LogP contribution in [0.1, 0.15) is 31.2 Å². The van der Waals surface area contributed by atoms with E-state index in [9.17, 15) is 0 Å². The third-order valence-electron chi connectivity index (χ3n) is 3.02. The molecule has 0 aliphatic heterocycles. The Hall–Kier alpha value is -1.04. The Morgan fingerprint density at radius 2 is 2.00 bits per heavy atom. The van der Waals surface area contributed by atoms with E-state index in [0.29, 0.717) is 5.92 Å². The summed E-state index contributed by atoms with van der Waals surface area (Å²) in [5, 5.41) is 0. The van der Waals surface area contributed by atoms with E-state index < -0.39 is 0 Å². The number of hydrogen-bond acceptors (Lipinski definition) is 0. The second-order valence-corrected chi connectivity index (χ2v) is 3.87. The van der Waals surface area contributed by atoms with Crippen LogP contribution in [0, 0.1) is 5.92 Å². The lowest BCUT2D eigenvalue weighted by Gasteiger charge is -2.17. The Kier molecular flexibility index (Phi) is 2.49. The van der Waals surface area contributed by atoms with E-state index in [4.69, 9.17) is 0 Å². The molecule has 0 heteroatoms. The molecule has 0 saturated carbocycles. The highest BCUT2D eigenvalue weighted by Crippen LogP contribution is 2.32. The zero-order chi connectivity index (χ0) is 9.10. The molecule has 0 heterocycles. The zero-order valence-corrected chi connectivity index (χ0v) is 8.11. The van der Waals surface area contributed by atoms with E-state index in [2.05, 4.69) is 49.4 Å². The van der Waals surface area contributed by atoms with Crippen molar-refractivity contribution in [3.63, 3.8) is 0 Å². The van der Waals surface area contributed by atoms with Gasteiger partial charge in [0.15, 0.2) is 0 Å². The first-order valence-electron chi connectivity index (χ1n) is 5.09. The molecule has 0 aromatic heterocycles. The Bertz CT molecular complexity index is 284. The highest BCUT2D eigenvalue weighted by Gasteiger charge is 2.17. The summed E-state index contributed by atoms with van der Waals surface area (Å²) in [5.74, 6) is 1.45. The van der Waals surface area contributed by atoms with Crippen molar-refractivity contribution in [2.24, 2.45) is 5.92 Å². The van der Waals surface area contributed by atoms with Crippen LogP contribution in [0.3, 0.4) is 0 Å². The van der Waals surface area contributed by atoms with Crippen LogP contribution in [0.15, 0.2) is 42.5 Å². The van der Waals surface area contributed by atoms with Crippen LogP contribution in [0.4, 0.5) is 0 Å². The molecule has 2 rings (SSSR count). The second-order valence-electron chi connectivity index (χ2n) is 3.87. The smallest absolute Gasteiger partial charge is 0.0127 e. The third kappa shape index (κ3) is 1.82. The van der Waals surface area contributed by atoms with E-state index in [1.165, 1.54) is 18.4 Å². The van der Waals surface area contributed by atoms with Crippen molar-refractivity contribution < 1.29 is 0 Å². The van der Waals surface area contributed by atoms with Gasteiger partial charge in [-0.25, -0.2) is 0 Å².